The first kappa shape index (κ1) is 23.0. The molecule has 1 N–H and O–H groups in total. The highest BCUT2D eigenvalue weighted by molar-refractivity contribution is 8.18. The number of thioether (sulfide) groups is 1. The minimum absolute atomic E-state index is 0.0592. The number of likely N-dealkylation sites (tertiary alicyclic amines) is 1. The highest BCUT2D eigenvalue weighted by Gasteiger charge is 2.37. The number of hydrogen-bond donors (Lipinski definition) is 1. The molecule has 3 rings (SSSR count). The molecule has 0 spiro atoms. The van der Waals surface area contributed by atoms with Crippen LogP contribution in [0.5, 0.6) is 11.5 Å². The van der Waals surface area contributed by atoms with E-state index in [1.807, 2.05) is 0 Å². The van der Waals surface area contributed by atoms with Crippen molar-refractivity contribution in [1.29, 1.82) is 0 Å². The van der Waals surface area contributed by atoms with Gasteiger partial charge in [0, 0.05) is 13.1 Å². The van der Waals surface area contributed by atoms with Gasteiger partial charge in [-0.3, -0.25) is 19.3 Å². The van der Waals surface area contributed by atoms with Gasteiger partial charge in [0.2, 0.25) is 5.91 Å². The summed E-state index contributed by atoms with van der Waals surface area (Å²) in [6.07, 6.45) is 4.37. The van der Waals surface area contributed by atoms with Crippen molar-refractivity contribution in [2.24, 2.45) is 0 Å². The Labute approximate surface area is 187 Å². The van der Waals surface area contributed by atoms with E-state index in [2.05, 4.69) is 0 Å². The molecule has 0 radical (unpaired) electrons. The summed E-state index contributed by atoms with van der Waals surface area (Å²) < 4.78 is 10.3. The highest BCUT2D eigenvalue weighted by Crippen LogP contribution is 2.39. The van der Waals surface area contributed by atoms with Gasteiger partial charge in [0.15, 0.2) is 18.1 Å². The zero-order valence-corrected chi connectivity index (χ0v) is 18.3. The topological polar surface area (TPSA) is 113 Å². The van der Waals surface area contributed by atoms with E-state index in [-0.39, 0.29) is 33.9 Å². The lowest BCUT2D eigenvalue weighted by molar-refractivity contribution is -0.139. The van der Waals surface area contributed by atoms with Crippen molar-refractivity contribution >= 4 is 52.5 Å². The summed E-state index contributed by atoms with van der Waals surface area (Å²) >= 11 is 6.92. The summed E-state index contributed by atoms with van der Waals surface area (Å²) in [6, 6.07) is 2.98. The van der Waals surface area contributed by atoms with Crippen molar-refractivity contribution in [3.63, 3.8) is 0 Å². The Balaban J connectivity index is 1.76. The summed E-state index contributed by atoms with van der Waals surface area (Å²) in [5.41, 5.74) is 0.456. The Hall–Kier alpha value is -2.72. The molecule has 2 aliphatic heterocycles. The fourth-order valence-electron chi connectivity index (χ4n) is 3.26. The second kappa shape index (κ2) is 10.1. The van der Waals surface area contributed by atoms with Crippen molar-refractivity contribution < 1.29 is 33.8 Å². The molecule has 0 unspecified atom stereocenters. The first-order valence-corrected chi connectivity index (χ1v) is 10.7. The first-order chi connectivity index (χ1) is 14.8. The van der Waals surface area contributed by atoms with Crippen LogP contribution in [0.4, 0.5) is 4.79 Å². The Morgan fingerprint density at radius 2 is 1.94 bits per heavy atom. The fraction of sp³-hybridized carbons (Fsp3) is 0.400. The SMILES string of the molecule is COc1cc(/C=C2\SC(=O)N(CC(=O)N3CCCCC3)C2=O)cc(Cl)c1OCC(=O)O. The van der Waals surface area contributed by atoms with Gasteiger partial charge in [0.05, 0.1) is 17.0 Å². The number of carboxylic acids is 1. The van der Waals surface area contributed by atoms with Gasteiger partial charge in [-0.15, -0.1) is 0 Å². The van der Waals surface area contributed by atoms with Crippen LogP contribution in [0, 0.1) is 0 Å². The Bertz CT molecular complexity index is 944. The van der Waals surface area contributed by atoms with Crippen LogP contribution in [0.3, 0.4) is 0 Å². The van der Waals surface area contributed by atoms with Crippen molar-refractivity contribution in [2.75, 3.05) is 33.4 Å². The molecule has 1 aromatic rings. The Morgan fingerprint density at radius 1 is 1.23 bits per heavy atom. The van der Waals surface area contributed by atoms with Gasteiger partial charge < -0.3 is 19.5 Å². The number of piperidine rings is 1. The van der Waals surface area contributed by atoms with Crippen LogP contribution in [0.2, 0.25) is 5.02 Å². The molecule has 166 valence electrons. The zero-order chi connectivity index (χ0) is 22.5. The van der Waals surface area contributed by atoms with E-state index in [1.165, 1.54) is 25.3 Å². The van der Waals surface area contributed by atoms with E-state index in [1.54, 1.807) is 4.90 Å². The van der Waals surface area contributed by atoms with E-state index < -0.39 is 23.7 Å². The summed E-state index contributed by atoms with van der Waals surface area (Å²) in [7, 11) is 1.36. The summed E-state index contributed by atoms with van der Waals surface area (Å²) in [6.45, 7) is 0.395. The Morgan fingerprint density at radius 3 is 2.58 bits per heavy atom. The molecule has 2 heterocycles. The molecule has 0 bridgehead atoms. The molecule has 31 heavy (non-hydrogen) atoms. The third kappa shape index (κ3) is 5.50. The van der Waals surface area contributed by atoms with E-state index in [4.69, 9.17) is 26.2 Å². The zero-order valence-electron chi connectivity index (χ0n) is 16.8. The lowest BCUT2D eigenvalue weighted by atomic mass is 10.1. The number of amides is 3. The van der Waals surface area contributed by atoms with Gasteiger partial charge in [0.25, 0.3) is 11.1 Å². The number of halogens is 1. The smallest absolute Gasteiger partial charge is 0.341 e. The lowest BCUT2D eigenvalue weighted by Crippen LogP contribution is -2.44. The van der Waals surface area contributed by atoms with Crippen molar-refractivity contribution in [1.82, 2.24) is 9.80 Å². The van der Waals surface area contributed by atoms with Crippen LogP contribution >= 0.6 is 23.4 Å². The predicted molar refractivity (Wildman–Crippen MR) is 114 cm³/mol. The number of carboxylic acid groups (broad SMARTS) is 1. The van der Waals surface area contributed by atoms with Crippen LogP contribution < -0.4 is 9.47 Å². The Kier molecular flexibility index (Phi) is 7.45. The molecule has 2 aliphatic rings. The molecular weight excluding hydrogens is 448 g/mol. The van der Waals surface area contributed by atoms with E-state index in [0.717, 1.165) is 35.9 Å². The number of benzene rings is 1. The molecule has 0 saturated carbocycles. The maximum Gasteiger partial charge on any atom is 0.341 e. The van der Waals surface area contributed by atoms with Gasteiger partial charge >= 0.3 is 5.97 Å². The van der Waals surface area contributed by atoms with E-state index >= 15 is 0 Å². The van der Waals surface area contributed by atoms with Crippen molar-refractivity contribution in [3.05, 3.63) is 27.6 Å². The molecule has 1 aromatic carbocycles. The number of rotatable bonds is 7. The lowest BCUT2D eigenvalue weighted by Gasteiger charge is -2.27. The number of ether oxygens (including phenoxy) is 2. The highest BCUT2D eigenvalue weighted by atomic mass is 35.5. The number of aliphatic carboxylic acids is 1. The van der Waals surface area contributed by atoms with Gasteiger partial charge in [-0.2, -0.15) is 0 Å². The number of carbonyl (C=O) groups excluding carboxylic acids is 3. The molecular formula is C20H21ClN2O7S. The molecule has 11 heteroatoms. The maximum atomic E-state index is 12.7. The number of methoxy groups -OCH3 is 1. The minimum atomic E-state index is -1.17. The molecule has 9 nitrogen and oxygen atoms in total. The van der Waals surface area contributed by atoms with Crippen molar-refractivity contribution in [2.45, 2.75) is 19.3 Å². The van der Waals surface area contributed by atoms with Gasteiger partial charge in [-0.25, -0.2) is 4.79 Å². The number of imide groups is 1. The minimum Gasteiger partial charge on any atom is -0.493 e. The van der Waals surface area contributed by atoms with Crippen LogP contribution in [-0.2, 0) is 14.4 Å². The second-order valence-electron chi connectivity index (χ2n) is 6.93. The van der Waals surface area contributed by atoms with E-state index in [0.29, 0.717) is 18.7 Å². The summed E-state index contributed by atoms with van der Waals surface area (Å²) in [5.74, 6) is -1.73. The van der Waals surface area contributed by atoms with Gasteiger partial charge in [0.1, 0.15) is 6.54 Å². The summed E-state index contributed by atoms with van der Waals surface area (Å²) in [5, 5.41) is 8.35. The number of carbonyl (C=O) groups is 4. The summed E-state index contributed by atoms with van der Waals surface area (Å²) in [4.78, 5) is 51.0. The first-order valence-electron chi connectivity index (χ1n) is 9.55. The van der Waals surface area contributed by atoms with Crippen LogP contribution in [-0.4, -0.2) is 71.3 Å². The maximum absolute atomic E-state index is 12.7. The average molecular weight is 469 g/mol. The fourth-order valence-corrected chi connectivity index (χ4v) is 4.38. The molecule has 2 saturated heterocycles. The van der Waals surface area contributed by atoms with Crippen LogP contribution in [0.25, 0.3) is 6.08 Å². The third-order valence-electron chi connectivity index (χ3n) is 4.77. The van der Waals surface area contributed by atoms with Crippen molar-refractivity contribution in [3.8, 4) is 11.5 Å². The quantitative estimate of drug-likeness (QED) is 0.608. The number of hydrogen-bond acceptors (Lipinski definition) is 7. The third-order valence-corrected chi connectivity index (χ3v) is 5.95. The molecule has 0 aromatic heterocycles. The standard InChI is InChI=1S/C20H21ClN2O7S/c1-29-14-8-12(7-13(21)18(14)30-11-17(25)26)9-15-19(27)23(20(28)31-15)10-16(24)22-5-3-2-4-6-22/h7-9H,2-6,10-11H2,1H3,(H,25,26)/b15-9-. The molecule has 2 fully saturated rings. The van der Waals surface area contributed by atoms with Crippen LogP contribution in [0.1, 0.15) is 24.8 Å². The van der Waals surface area contributed by atoms with Gasteiger partial charge in [-0.05, 0) is 54.8 Å². The number of nitrogens with zero attached hydrogens (tertiary/aromatic N) is 2. The van der Waals surface area contributed by atoms with E-state index in [9.17, 15) is 19.2 Å². The largest absolute Gasteiger partial charge is 0.493 e. The molecule has 0 atom stereocenters. The molecule has 3 amide bonds. The normalized spacial score (nSPS) is 17.9. The van der Waals surface area contributed by atoms with Crippen LogP contribution in [0.15, 0.2) is 17.0 Å². The average Bonchev–Trinajstić information content (AvgIpc) is 3.00. The predicted octanol–water partition coefficient (Wildman–Crippen LogP) is 2.86. The monoisotopic (exact) mass is 468 g/mol. The second-order valence-corrected chi connectivity index (χ2v) is 8.33. The molecule has 0 aliphatic carbocycles. The van der Waals surface area contributed by atoms with Gasteiger partial charge in [-0.1, -0.05) is 11.6 Å².